The van der Waals surface area contributed by atoms with E-state index in [9.17, 15) is 14.0 Å². The summed E-state index contributed by atoms with van der Waals surface area (Å²) in [5, 5.41) is 8.70. The largest absolute Gasteiger partial charge is 0.469 e. The summed E-state index contributed by atoms with van der Waals surface area (Å²) in [6, 6.07) is 3.64. The molecule has 0 saturated heterocycles. The summed E-state index contributed by atoms with van der Waals surface area (Å²) < 4.78 is 17.8. The Morgan fingerprint density at radius 3 is 2.76 bits per heavy atom. The summed E-state index contributed by atoms with van der Waals surface area (Å²) in [5.41, 5.74) is 0.406. The van der Waals surface area contributed by atoms with Gasteiger partial charge >= 0.3 is 5.97 Å². The van der Waals surface area contributed by atoms with E-state index in [4.69, 9.17) is 5.11 Å². The van der Waals surface area contributed by atoms with Crippen LogP contribution in [0.3, 0.4) is 0 Å². The average Bonchev–Trinajstić information content (AvgIpc) is 2.50. The van der Waals surface area contributed by atoms with Gasteiger partial charge in [-0.15, -0.1) is 0 Å². The van der Waals surface area contributed by atoms with Crippen LogP contribution in [0.15, 0.2) is 18.2 Å². The molecule has 5 nitrogen and oxygen atoms in total. The van der Waals surface area contributed by atoms with Crippen molar-refractivity contribution in [1.82, 2.24) is 4.90 Å². The minimum absolute atomic E-state index is 0.0473. The quantitative estimate of drug-likeness (QED) is 0.659. The van der Waals surface area contributed by atoms with Crippen molar-refractivity contribution in [2.24, 2.45) is 0 Å². The predicted molar refractivity (Wildman–Crippen MR) is 74.0 cm³/mol. The maximum Gasteiger partial charge on any atom is 0.307 e. The molecule has 1 N–H and O–H groups in total. The monoisotopic (exact) mass is 293 g/mol. The Kier molecular flexibility index (Phi) is 6.37. The van der Waals surface area contributed by atoms with Gasteiger partial charge in [0.15, 0.2) is 0 Å². The van der Waals surface area contributed by atoms with E-state index in [1.807, 2.05) is 0 Å². The number of esters is 1. The van der Waals surface area contributed by atoms with Gasteiger partial charge in [0.25, 0.3) is 5.91 Å². The molecule has 0 spiro atoms. The number of amides is 1. The van der Waals surface area contributed by atoms with E-state index in [0.717, 1.165) is 6.07 Å². The van der Waals surface area contributed by atoms with Gasteiger partial charge < -0.3 is 14.7 Å². The smallest absolute Gasteiger partial charge is 0.307 e. The lowest BCUT2D eigenvalue weighted by atomic mass is 10.1. The van der Waals surface area contributed by atoms with Gasteiger partial charge in [0.2, 0.25) is 0 Å². The Morgan fingerprint density at radius 1 is 1.43 bits per heavy atom. The molecule has 0 unspecified atom stereocenters. The SMILES string of the molecule is COC(=O)CCN(C)C(=O)c1cc(F)ccc1C#CCO. The highest BCUT2D eigenvalue weighted by atomic mass is 19.1. The van der Waals surface area contributed by atoms with Crippen molar-refractivity contribution in [2.75, 3.05) is 27.3 Å². The zero-order chi connectivity index (χ0) is 15.8. The first-order chi connectivity index (χ1) is 9.99. The third-order valence-electron chi connectivity index (χ3n) is 2.74. The minimum Gasteiger partial charge on any atom is -0.469 e. The predicted octanol–water partition coefficient (Wildman–Crippen LogP) is 0.805. The zero-order valence-corrected chi connectivity index (χ0v) is 11.9. The standard InChI is InChI=1S/C15H16FNO4/c1-17(8-7-14(19)21-2)15(20)13-10-12(16)6-5-11(13)4-3-9-18/h5-6,10,18H,7-9H2,1-2H3. The normalized spacial score (nSPS) is 9.52. The van der Waals surface area contributed by atoms with Crippen molar-refractivity contribution in [3.8, 4) is 11.8 Å². The molecule has 1 rings (SSSR count). The van der Waals surface area contributed by atoms with Gasteiger partial charge in [0.05, 0.1) is 19.1 Å². The summed E-state index contributed by atoms with van der Waals surface area (Å²) in [6.07, 6.45) is 0.0473. The number of aliphatic hydroxyl groups is 1. The summed E-state index contributed by atoms with van der Waals surface area (Å²) >= 11 is 0. The van der Waals surface area contributed by atoms with Crippen LogP contribution in [0.2, 0.25) is 0 Å². The lowest BCUT2D eigenvalue weighted by Crippen LogP contribution is -2.30. The van der Waals surface area contributed by atoms with Crippen molar-refractivity contribution in [3.63, 3.8) is 0 Å². The summed E-state index contributed by atoms with van der Waals surface area (Å²) in [5.74, 6) is 3.56. The molecule has 21 heavy (non-hydrogen) atoms. The second kappa shape index (κ2) is 8.02. The molecular weight excluding hydrogens is 277 g/mol. The number of benzene rings is 1. The van der Waals surface area contributed by atoms with Gasteiger partial charge in [-0.2, -0.15) is 0 Å². The lowest BCUT2D eigenvalue weighted by molar-refractivity contribution is -0.140. The second-order valence-corrected chi connectivity index (χ2v) is 4.20. The van der Waals surface area contributed by atoms with E-state index in [1.165, 1.54) is 31.2 Å². The fraction of sp³-hybridized carbons (Fsp3) is 0.333. The number of carbonyl (C=O) groups is 2. The minimum atomic E-state index is -0.561. The first-order valence-electron chi connectivity index (χ1n) is 6.21. The first kappa shape index (κ1) is 16.7. The van der Waals surface area contributed by atoms with Crippen LogP contribution in [-0.2, 0) is 9.53 Å². The molecule has 0 aromatic heterocycles. The molecule has 0 radical (unpaired) electrons. The van der Waals surface area contributed by atoms with Crippen LogP contribution >= 0.6 is 0 Å². The number of hydrogen-bond acceptors (Lipinski definition) is 4. The number of carbonyl (C=O) groups excluding carboxylic acids is 2. The highest BCUT2D eigenvalue weighted by Gasteiger charge is 2.17. The van der Waals surface area contributed by atoms with E-state index < -0.39 is 17.7 Å². The van der Waals surface area contributed by atoms with Crippen molar-refractivity contribution in [1.29, 1.82) is 0 Å². The Morgan fingerprint density at radius 2 is 2.14 bits per heavy atom. The third kappa shape index (κ3) is 4.89. The van der Waals surface area contributed by atoms with E-state index in [0.29, 0.717) is 5.56 Å². The van der Waals surface area contributed by atoms with Crippen molar-refractivity contribution in [3.05, 3.63) is 35.1 Å². The second-order valence-electron chi connectivity index (χ2n) is 4.20. The van der Waals surface area contributed by atoms with Gasteiger partial charge in [-0.1, -0.05) is 11.8 Å². The molecule has 0 fully saturated rings. The first-order valence-corrected chi connectivity index (χ1v) is 6.21. The Bertz CT molecular complexity index is 589. The summed E-state index contributed by atoms with van der Waals surface area (Å²) in [4.78, 5) is 24.6. The van der Waals surface area contributed by atoms with Crippen molar-refractivity contribution >= 4 is 11.9 Å². The number of methoxy groups -OCH3 is 1. The van der Waals surface area contributed by atoms with Crippen molar-refractivity contribution in [2.45, 2.75) is 6.42 Å². The number of hydrogen-bond donors (Lipinski definition) is 1. The fourth-order valence-electron chi connectivity index (χ4n) is 1.61. The molecule has 0 aliphatic rings. The van der Waals surface area contributed by atoms with E-state index in [1.54, 1.807) is 0 Å². The van der Waals surface area contributed by atoms with Gasteiger partial charge in [0.1, 0.15) is 12.4 Å². The molecule has 0 heterocycles. The van der Waals surface area contributed by atoms with E-state index in [2.05, 4.69) is 16.6 Å². The number of nitrogens with zero attached hydrogens (tertiary/aromatic N) is 1. The van der Waals surface area contributed by atoms with E-state index >= 15 is 0 Å². The van der Waals surface area contributed by atoms with Crippen LogP contribution in [-0.4, -0.2) is 49.2 Å². The Balaban J connectivity index is 2.94. The molecule has 0 bridgehead atoms. The Hall–Kier alpha value is -2.39. The van der Waals surface area contributed by atoms with Crippen LogP contribution in [0.25, 0.3) is 0 Å². The number of halogens is 1. The van der Waals surface area contributed by atoms with Gasteiger partial charge in [0, 0.05) is 19.2 Å². The van der Waals surface area contributed by atoms with Crippen molar-refractivity contribution < 1.29 is 23.8 Å². The maximum atomic E-state index is 13.3. The lowest BCUT2D eigenvalue weighted by Gasteiger charge is -2.17. The molecule has 112 valence electrons. The van der Waals surface area contributed by atoms with Crippen LogP contribution in [0.5, 0.6) is 0 Å². The van der Waals surface area contributed by atoms with Crippen LogP contribution < -0.4 is 0 Å². The summed E-state index contributed by atoms with van der Waals surface area (Å²) in [6.45, 7) is -0.210. The van der Waals surface area contributed by atoms with Crippen LogP contribution in [0.4, 0.5) is 4.39 Å². The van der Waals surface area contributed by atoms with Crippen LogP contribution in [0.1, 0.15) is 22.3 Å². The average molecular weight is 293 g/mol. The molecule has 0 aliphatic heterocycles. The molecule has 6 heteroatoms. The maximum absolute atomic E-state index is 13.3. The molecule has 1 amide bonds. The number of aliphatic hydroxyl groups excluding tert-OH is 1. The molecule has 0 saturated carbocycles. The van der Waals surface area contributed by atoms with Crippen LogP contribution in [0, 0.1) is 17.7 Å². The third-order valence-corrected chi connectivity index (χ3v) is 2.74. The highest BCUT2D eigenvalue weighted by molar-refractivity contribution is 5.96. The number of ether oxygens (including phenoxy) is 1. The zero-order valence-electron chi connectivity index (χ0n) is 11.9. The molecular formula is C15H16FNO4. The molecule has 1 aromatic rings. The topological polar surface area (TPSA) is 66.8 Å². The Labute approximate surface area is 122 Å². The number of rotatable bonds is 4. The molecule has 0 atom stereocenters. The molecule has 0 aliphatic carbocycles. The molecule has 1 aromatic carbocycles. The van der Waals surface area contributed by atoms with Gasteiger partial charge in [-0.3, -0.25) is 9.59 Å². The van der Waals surface area contributed by atoms with Gasteiger partial charge in [-0.05, 0) is 18.2 Å². The highest BCUT2D eigenvalue weighted by Crippen LogP contribution is 2.13. The summed E-state index contributed by atoms with van der Waals surface area (Å²) in [7, 11) is 2.76. The van der Waals surface area contributed by atoms with E-state index in [-0.39, 0.29) is 25.1 Å². The fourth-order valence-corrected chi connectivity index (χ4v) is 1.61. The van der Waals surface area contributed by atoms with Gasteiger partial charge in [-0.25, -0.2) is 4.39 Å².